The normalized spacial score (nSPS) is 17.5. The van der Waals surface area contributed by atoms with Gasteiger partial charge in [0.2, 0.25) is 5.82 Å². The molecule has 1 aliphatic carbocycles. The number of ether oxygens (including phenoxy) is 1. The largest absolute Gasteiger partial charge is 0.463 e. The first-order valence-electron chi connectivity index (χ1n) is 7.42. The number of nitrogens with one attached hydrogen (secondary N) is 1. The fourth-order valence-corrected chi connectivity index (χ4v) is 2.91. The standard InChI is InChI=1S/C15H23N3O2/c1-3-12(11-7-5-4-6-8-11)17-13-9-10-16-14(18-13)15(19)20-2/h9-12H,3-8H2,1-2H3,(H,16,17,18). The van der Waals surface area contributed by atoms with Crippen LogP contribution in [0.3, 0.4) is 0 Å². The van der Waals surface area contributed by atoms with Crippen LogP contribution in [0.15, 0.2) is 12.3 Å². The number of rotatable bonds is 5. The third-order valence-electron chi connectivity index (χ3n) is 4.02. The van der Waals surface area contributed by atoms with Crippen molar-refractivity contribution in [3.63, 3.8) is 0 Å². The summed E-state index contributed by atoms with van der Waals surface area (Å²) in [6.45, 7) is 2.19. The molecule has 2 rings (SSSR count). The molecule has 20 heavy (non-hydrogen) atoms. The van der Waals surface area contributed by atoms with E-state index in [9.17, 15) is 4.79 Å². The maximum Gasteiger partial charge on any atom is 0.376 e. The van der Waals surface area contributed by atoms with Crippen molar-refractivity contribution in [1.29, 1.82) is 0 Å². The first kappa shape index (κ1) is 14.8. The molecule has 1 N–H and O–H groups in total. The SMILES string of the molecule is CCC(Nc1ccnc(C(=O)OC)n1)C1CCCCC1. The highest BCUT2D eigenvalue weighted by atomic mass is 16.5. The number of methoxy groups -OCH3 is 1. The highest BCUT2D eigenvalue weighted by Crippen LogP contribution is 2.29. The Morgan fingerprint density at radius 1 is 1.45 bits per heavy atom. The second kappa shape index (κ2) is 7.22. The van der Waals surface area contributed by atoms with Gasteiger partial charge in [-0.3, -0.25) is 0 Å². The van der Waals surface area contributed by atoms with Crippen LogP contribution in [0, 0.1) is 5.92 Å². The molecule has 0 aromatic carbocycles. The summed E-state index contributed by atoms with van der Waals surface area (Å²) in [5.41, 5.74) is 0. The predicted molar refractivity (Wildman–Crippen MR) is 77.6 cm³/mol. The lowest BCUT2D eigenvalue weighted by Gasteiger charge is -2.30. The molecular weight excluding hydrogens is 254 g/mol. The fraction of sp³-hybridized carbons (Fsp3) is 0.667. The van der Waals surface area contributed by atoms with Crippen LogP contribution < -0.4 is 5.32 Å². The number of carbonyl (C=O) groups excluding carboxylic acids is 1. The lowest BCUT2D eigenvalue weighted by atomic mass is 9.83. The highest BCUT2D eigenvalue weighted by molar-refractivity contribution is 5.85. The van der Waals surface area contributed by atoms with E-state index in [2.05, 4.69) is 26.9 Å². The molecule has 1 unspecified atom stereocenters. The molecule has 0 amide bonds. The summed E-state index contributed by atoms with van der Waals surface area (Å²) < 4.78 is 4.65. The lowest BCUT2D eigenvalue weighted by Crippen LogP contribution is -2.30. The van der Waals surface area contributed by atoms with Gasteiger partial charge in [0.15, 0.2) is 0 Å². The average Bonchev–Trinajstić information content (AvgIpc) is 2.53. The number of hydrogen-bond acceptors (Lipinski definition) is 5. The highest BCUT2D eigenvalue weighted by Gasteiger charge is 2.22. The first-order chi connectivity index (χ1) is 9.74. The molecule has 110 valence electrons. The van der Waals surface area contributed by atoms with E-state index < -0.39 is 5.97 Å². The molecule has 5 heteroatoms. The summed E-state index contributed by atoms with van der Waals surface area (Å²) in [6, 6.07) is 2.22. The Balaban J connectivity index is 2.05. The van der Waals surface area contributed by atoms with Gasteiger partial charge in [0.1, 0.15) is 5.82 Å². The molecule has 1 aromatic rings. The van der Waals surface area contributed by atoms with Crippen molar-refractivity contribution in [3.05, 3.63) is 18.1 Å². The van der Waals surface area contributed by atoms with Crippen molar-refractivity contribution in [3.8, 4) is 0 Å². The monoisotopic (exact) mass is 277 g/mol. The smallest absolute Gasteiger partial charge is 0.376 e. The number of carbonyl (C=O) groups is 1. The van der Waals surface area contributed by atoms with Crippen molar-refractivity contribution < 1.29 is 9.53 Å². The quantitative estimate of drug-likeness (QED) is 0.838. The van der Waals surface area contributed by atoms with Crippen molar-refractivity contribution in [2.75, 3.05) is 12.4 Å². The van der Waals surface area contributed by atoms with Gasteiger partial charge in [-0.05, 0) is 31.2 Å². The van der Waals surface area contributed by atoms with Crippen molar-refractivity contribution in [1.82, 2.24) is 9.97 Å². The van der Waals surface area contributed by atoms with E-state index in [4.69, 9.17) is 0 Å². The molecule has 0 bridgehead atoms. The molecule has 1 heterocycles. The number of nitrogens with zero attached hydrogens (tertiary/aromatic N) is 2. The Hall–Kier alpha value is -1.65. The summed E-state index contributed by atoms with van der Waals surface area (Å²) in [5.74, 6) is 1.01. The third kappa shape index (κ3) is 3.68. The van der Waals surface area contributed by atoms with Crippen LogP contribution in [0.25, 0.3) is 0 Å². The third-order valence-corrected chi connectivity index (χ3v) is 4.02. The molecule has 0 saturated heterocycles. The van der Waals surface area contributed by atoms with Crippen molar-refractivity contribution >= 4 is 11.8 Å². The topological polar surface area (TPSA) is 64.1 Å². The van der Waals surface area contributed by atoms with Crippen molar-refractivity contribution in [2.24, 2.45) is 5.92 Å². The minimum absolute atomic E-state index is 0.107. The molecule has 1 fully saturated rings. The lowest BCUT2D eigenvalue weighted by molar-refractivity contribution is 0.0587. The Kier molecular flexibility index (Phi) is 5.32. The summed E-state index contributed by atoms with van der Waals surface area (Å²) >= 11 is 0. The van der Waals surface area contributed by atoms with Crippen LogP contribution >= 0.6 is 0 Å². The number of anilines is 1. The molecule has 1 aliphatic rings. The Labute approximate surface area is 120 Å². The Morgan fingerprint density at radius 3 is 2.85 bits per heavy atom. The minimum atomic E-state index is -0.501. The molecular formula is C15H23N3O2. The zero-order valence-electron chi connectivity index (χ0n) is 12.3. The predicted octanol–water partition coefficient (Wildman–Crippen LogP) is 3.03. The van der Waals surface area contributed by atoms with Crippen LogP contribution in [0.4, 0.5) is 5.82 Å². The van der Waals surface area contributed by atoms with Gasteiger partial charge in [-0.25, -0.2) is 14.8 Å². The maximum absolute atomic E-state index is 11.4. The molecule has 0 aliphatic heterocycles. The molecule has 0 radical (unpaired) electrons. The van der Waals surface area contributed by atoms with Gasteiger partial charge in [-0.2, -0.15) is 0 Å². The number of hydrogen-bond donors (Lipinski definition) is 1. The second-order valence-corrected chi connectivity index (χ2v) is 5.31. The van der Waals surface area contributed by atoms with Gasteiger partial charge in [-0.1, -0.05) is 26.2 Å². The minimum Gasteiger partial charge on any atom is -0.463 e. The fourth-order valence-electron chi connectivity index (χ4n) is 2.91. The number of aromatic nitrogens is 2. The van der Waals surface area contributed by atoms with Gasteiger partial charge >= 0.3 is 5.97 Å². The van der Waals surface area contributed by atoms with E-state index in [1.54, 1.807) is 12.3 Å². The molecule has 0 spiro atoms. The van der Waals surface area contributed by atoms with Gasteiger partial charge in [0, 0.05) is 12.2 Å². The van der Waals surface area contributed by atoms with Gasteiger partial charge in [-0.15, -0.1) is 0 Å². The van der Waals surface area contributed by atoms with Crippen LogP contribution in [-0.2, 0) is 4.74 Å². The van der Waals surface area contributed by atoms with E-state index in [0.29, 0.717) is 17.8 Å². The average molecular weight is 277 g/mol. The summed E-state index contributed by atoms with van der Waals surface area (Å²) in [4.78, 5) is 19.6. The maximum atomic E-state index is 11.4. The molecule has 5 nitrogen and oxygen atoms in total. The van der Waals surface area contributed by atoms with E-state index in [-0.39, 0.29) is 5.82 Å². The van der Waals surface area contributed by atoms with Crippen LogP contribution in [0.5, 0.6) is 0 Å². The Bertz CT molecular complexity index is 444. The van der Waals surface area contributed by atoms with Gasteiger partial charge in [0.05, 0.1) is 7.11 Å². The van der Waals surface area contributed by atoms with Gasteiger partial charge in [0.25, 0.3) is 0 Å². The van der Waals surface area contributed by atoms with Crippen molar-refractivity contribution in [2.45, 2.75) is 51.5 Å². The Morgan fingerprint density at radius 2 is 2.20 bits per heavy atom. The zero-order chi connectivity index (χ0) is 14.4. The van der Waals surface area contributed by atoms with E-state index in [1.165, 1.54) is 39.2 Å². The van der Waals surface area contributed by atoms with E-state index in [0.717, 1.165) is 6.42 Å². The first-order valence-corrected chi connectivity index (χ1v) is 7.42. The molecule has 1 aromatic heterocycles. The number of esters is 1. The van der Waals surface area contributed by atoms with E-state index in [1.807, 2.05) is 0 Å². The summed E-state index contributed by atoms with van der Waals surface area (Å²) in [7, 11) is 1.34. The van der Waals surface area contributed by atoms with E-state index >= 15 is 0 Å². The molecule has 1 atom stereocenters. The molecule has 1 saturated carbocycles. The van der Waals surface area contributed by atoms with Crippen LogP contribution in [-0.4, -0.2) is 29.1 Å². The van der Waals surface area contributed by atoms with Gasteiger partial charge < -0.3 is 10.1 Å². The van der Waals surface area contributed by atoms with Crippen LogP contribution in [0.1, 0.15) is 56.1 Å². The zero-order valence-corrected chi connectivity index (χ0v) is 12.3. The van der Waals surface area contributed by atoms with Crippen LogP contribution in [0.2, 0.25) is 0 Å². The summed E-state index contributed by atoms with van der Waals surface area (Å²) in [5, 5.41) is 3.46. The second-order valence-electron chi connectivity index (χ2n) is 5.31. The summed E-state index contributed by atoms with van der Waals surface area (Å²) in [6.07, 6.45) is 9.20.